The van der Waals surface area contributed by atoms with Crippen LogP contribution in [0.25, 0.3) is 0 Å². The fourth-order valence-electron chi connectivity index (χ4n) is 2.05. The molecule has 0 unspecified atom stereocenters. The van der Waals surface area contributed by atoms with E-state index in [1.807, 2.05) is 0 Å². The summed E-state index contributed by atoms with van der Waals surface area (Å²) >= 11 is 11.9. The molecule has 0 aliphatic carbocycles. The lowest BCUT2D eigenvalue weighted by Crippen LogP contribution is -2.14. The monoisotopic (exact) mass is 429 g/mol. The SMILES string of the molecule is Cc1cc(S(=O)(=O)Nc2cccc(C(=O)/C=C(/O)C(=O)O)c2)c(Cl)cc1Cl. The number of carbonyl (C=O) groups is 2. The Hall–Kier alpha value is -2.55. The quantitative estimate of drug-likeness (QED) is 0.364. The summed E-state index contributed by atoms with van der Waals surface area (Å²) in [6.07, 6.45) is 0.523. The molecule has 0 heterocycles. The van der Waals surface area contributed by atoms with Gasteiger partial charge in [0.05, 0.1) is 5.02 Å². The molecule has 0 spiro atoms. The summed E-state index contributed by atoms with van der Waals surface area (Å²) in [7, 11) is -4.07. The Labute approximate surface area is 164 Å². The number of hydrogen-bond donors (Lipinski definition) is 3. The Morgan fingerprint density at radius 1 is 1.07 bits per heavy atom. The first-order chi connectivity index (χ1) is 12.5. The number of rotatable bonds is 6. The van der Waals surface area contributed by atoms with Crippen molar-refractivity contribution >= 4 is 50.7 Å². The van der Waals surface area contributed by atoms with Gasteiger partial charge in [0.25, 0.3) is 10.0 Å². The lowest BCUT2D eigenvalue weighted by atomic mass is 10.1. The summed E-state index contributed by atoms with van der Waals surface area (Å²) in [6.45, 7) is 1.62. The molecule has 27 heavy (non-hydrogen) atoms. The molecule has 0 radical (unpaired) electrons. The van der Waals surface area contributed by atoms with Gasteiger partial charge in [-0.05, 0) is 36.8 Å². The third-order valence-corrected chi connectivity index (χ3v) is 5.64. The Kier molecular flexibility index (Phi) is 6.15. The van der Waals surface area contributed by atoms with Gasteiger partial charge >= 0.3 is 5.97 Å². The number of benzene rings is 2. The summed E-state index contributed by atoms with van der Waals surface area (Å²) in [5.74, 6) is -3.60. The zero-order valence-corrected chi connectivity index (χ0v) is 16.1. The second-order valence-corrected chi connectivity index (χ2v) is 7.88. The standard InChI is InChI=1S/C17H13Cl2NO6S/c1-9-5-16(13(19)7-12(9)18)27(25,26)20-11-4-2-3-10(6-11)14(21)8-15(22)17(23)24/h2-8,20,22H,1H3,(H,23,24)/b15-8+. The molecule has 2 aromatic carbocycles. The van der Waals surface area contributed by atoms with Gasteiger partial charge in [0.15, 0.2) is 5.78 Å². The van der Waals surface area contributed by atoms with Gasteiger partial charge in [-0.2, -0.15) is 0 Å². The van der Waals surface area contributed by atoms with E-state index in [0.717, 1.165) is 0 Å². The predicted molar refractivity (Wildman–Crippen MR) is 101 cm³/mol. The Morgan fingerprint density at radius 2 is 1.74 bits per heavy atom. The molecule has 0 fully saturated rings. The van der Waals surface area contributed by atoms with E-state index < -0.39 is 27.5 Å². The first kappa shape index (κ1) is 20.8. The lowest BCUT2D eigenvalue weighted by Gasteiger charge is -2.11. The highest BCUT2D eigenvalue weighted by molar-refractivity contribution is 7.92. The number of aliphatic hydroxyl groups is 1. The number of carbonyl (C=O) groups excluding carboxylic acids is 1. The largest absolute Gasteiger partial charge is 0.502 e. The van der Waals surface area contributed by atoms with Crippen LogP contribution in [0, 0.1) is 6.92 Å². The average molecular weight is 430 g/mol. The summed E-state index contributed by atoms with van der Waals surface area (Å²) in [5.41, 5.74) is 0.536. The molecule has 10 heteroatoms. The zero-order chi connectivity index (χ0) is 20.4. The molecule has 0 saturated heterocycles. The minimum absolute atomic E-state index is 0.0265. The van der Waals surface area contributed by atoms with Crippen molar-refractivity contribution in [3.8, 4) is 0 Å². The average Bonchev–Trinajstić information content (AvgIpc) is 2.57. The van der Waals surface area contributed by atoms with E-state index >= 15 is 0 Å². The van der Waals surface area contributed by atoms with E-state index in [1.54, 1.807) is 6.92 Å². The van der Waals surface area contributed by atoms with Gasteiger partial charge in [-0.3, -0.25) is 9.52 Å². The number of carboxylic acid groups (broad SMARTS) is 1. The molecule has 0 aromatic heterocycles. The molecule has 0 aliphatic rings. The van der Waals surface area contributed by atoms with Crippen LogP contribution in [0.2, 0.25) is 10.0 Å². The van der Waals surface area contributed by atoms with Crippen LogP contribution in [-0.4, -0.2) is 30.4 Å². The fourth-order valence-corrected chi connectivity index (χ4v) is 3.93. The number of halogens is 2. The van der Waals surface area contributed by atoms with Crippen LogP contribution in [0.5, 0.6) is 0 Å². The highest BCUT2D eigenvalue weighted by Crippen LogP contribution is 2.29. The molecule has 0 bridgehead atoms. The lowest BCUT2D eigenvalue weighted by molar-refractivity contribution is -0.135. The molecule has 0 saturated carbocycles. The number of aliphatic carboxylic acids is 1. The second-order valence-electron chi connectivity index (χ2n) is 5.42. The third-order valence-electron chi connectivity index (χ3n) is 3.39. The van der Waals surface area contributed by atoms with E-state index in [4.69, 9.17) is 33.4 Å². The second kappa shape index (κ2) is 7.99. The minimum Gasteiger partial charge on any atom is -0.502 e. The molecular weight excluding hydrogens is 417 g/mol. The highest BCUT2D eigenvalue weighted by atomic mass is 35.5. The van der Waals surface area contributed by atoms with Crippen LogP contribution in [0.3, 0.4) is 0 Å². The smallest absolute Gasteiger partial charge is 0.371 e. The van der Waals surface area contributed by atoms with Crippen molar-refractivity contribution in [2.24, 2.45) is 0 Å². The zero-order valence-electron chi connectivity index (χ0n) is 13.7. The van der Waals surface area contributed by atoms with Crippen molar-refractivity contribution in [3.05, 3.63) is 69.4 Å². The van der Waals surface area contributed by atoms with E-state index in [9.17, 15) is 18.0 Å². The Morgan fingerprint density at radius 3 is 2.37 bits per heavy atom. The summed E-state index contributed by atoms with van der Waals surface area (Å²) in [5, 5.41) is 18.0. The molecule has 3 N–H and O–H groups in total. The first-order valence-electron chi connectivity index (χ1n) is 7.28. The van der Waals surface area contributed by atoms with Crippen LogP contribution in [-0.2, 0) is 14.8 Å². The normalized spacial score (nSPS) is 11.9. The topological polar surface area (TPSA) is 121 Å². The van der Waals surface area contributed by atoms with Crippen molar-refractivity contribution in [2.45, 2.75) is 11.8 Å². The number of aliphatic hydroxyl groups excluding tert-OH is 1. The van der Waals surface area contributed by atoms with Gasteiger partial charge in [-0.1, -0.05) is 35.3 Å². The number of sulfonamides is 1. The molecule has 142 valence electrons. The molecule has 0 atom stereocenters. The van der Waals surface area contributed by atoms with Crippen LogP contribution in [0.1, 0.15) is 15.9 Å². The summed E-state index contributed by atoms with van der Waals surface area (Å²) < 4.78 is 27.4. The van der Waals surface area contributed by atoms with E-state index in [1.165, 1.54) is 36.4 Å². The Bertz CT molecular complexity index is 1060. The van der Waals surface area contributed by atoms with Crippen molar-refractivity contribution in [1.29, 1.82) is 0 Å². The summed E-state index contributed by atoms with van der Waals surface area (Å²) in [6, 6.07) is 7.95. The number of aryl methyl sites for hydroxylation is 1. The number of anilines is 1. The number of ketones is 1. The number of nitrogens with one attached hydrogen (secondary N) is 1. The highest BCUT2D eigenvalue weighted by Gasteiger charge is 2.20. The third kappa shape index (κ3) is 5.00. The van der Waals surface area contributed by atoms with E-state index in [-0.39, 0.29) is 21.2 Å². The number of allylic oxidation sites excluding steroid dienone is 1. The van der Waals surface area contributed by atoms with E-state index in [2.05, 4.69) is 4.72 Å². The van der Waals surface area contributed by atoms with Crippen molar-refractivity contribution in [2.75, 3.05) is 4.72 Å². The van der Waals surface area contributed by atoms with Gasteiger partial charge < -0.3 is 10.2 Å². The number of carboxylic acids is 1. The molecule has 0 aliphatic heterocycles. The first-order valence-corrected chi connectivity index (χ1v) is 9.52. The maximum absolute atomic E-state index is 12.6. The molecule has 2 rings (SSSR count). The maximum atomic E-state index is 12.6. The van der Waals surface area contributed by atoms with Crippen LogP contribution in [0.15, 0.2) is 53.1 Å². The van der Waals surface area contributed by atoms with Crippen LogP contribution < -0.4 is 4.72 Å². The number of hydrogen-bond acceptors (Lipinski definition) is 5. The Balaban J connectivity index is 2.36. The van der Waals surface area contributed by atoms with Gasteiger partial charge in [0.1, 0.15) is 4.90 Å². The summed E-state index contributed by atoms with van der Waals surface area (Å²) in [4.78, 5) is 22.4. The van der Waals surface area contributed by atoms with Crippen LogP contribution >= 0.6 is 23.2 Å². The molecule has 7 nitrogen and oxygen atoms in total. The molecule has 0 amide bonds. The predicted octanol–water partition coefficient (Wildman–Crippen LogP) is 3.81. The maximum Gasteiger partial charge on any atom is 0.371 e. The van der Waals surface area contributed by atoms with Crippen molar-refractivity contribution in [1.82, 2.24) is 0 Å². The van der Waals surface area contributed by atoms with Crippen LogP contribution in [0.4, 0.5) is 5.69 Å². The van der Waals surface area contributed by atoms with Gasteiger partial charge in [0, 0.05) is 22.3 Å². The van der Waals surface area contributed by atoms with Gasteiger partial charge in [-0.25, -0.2) is 13.2 Å². The van der Waals surface area contributed by atoms with E-state index in [0.29, 0.717) is 16.7 Å². The molecule has 2 aromatic rings. The van der Waals surface area contributed by atoms with Gasteiger partial charge in [-0.15, -0.1) is 0 Å². The minimum atomic E-state index is -4.07. The fraction of sp³-hybridized carbons (Fsp3) is 0.0588. The van der Waals surface area contributed by atoms with Crippen molar-refractivity contribution < 1.29 is 28.2 Å². The molecular formula is C17H13Cl2NO6S. The van der Waals surface area contributed by atoms with Crippen molar-refractivity contribution in [3.63, 3.8) is 0 Å². The van der Waals surface area contributed by atoms with Gasteiger partial charge in [0.2, 0.25) is 5.76 Å².